The summed E-state index contributed by atoms with van der Waals surface area (Å²) in [6, 6.07) is 4.03. The van der Waals surface area contributed by atoms with Gasteiger partial charge in [-0.05, 0) is 43.0 Å². The summed E-state index contributed by atoms with van der Waals surface area (Å²) < 4.78 is 0. The predicted octanol–water partition coefficient (Wildman–Crippen LogP) is 4.52. The number of carbonyl (C=O) groups is 2. The molecule has 1 aromatic carbocycles. The maximum atomic E-state index is 13.0. The van der Waals surface area contributed by atoms with E-state index in [4.69, 9.17) is 23.2 Å². The van der Waals surface area contributed by atoms with Gasteiger partial charge in [0, 0.05) is 17.5 Å². The fourth-order valence-electron chi connectivity index (χ4n) is 2.57. The number of thioether (sulfide) groups is 1. The molecule has 0 fully saturated rings. The Bertz CT molecular complexity index is 829. The third-order valence-corrected chi connectivity index (χ3v) is 6.30. The number of thiazole rings is 1. The highest BCUT2D eigenvalue weighted by molar-refractivity contribution is 7.98. The minimum absolute atomic E-state index is 0.154. The Labute approximate surface area is 183 Å². The van der Waals surface area contributed by atoms with Crippen molar-refractivity contribution < 1.29 is 9.59 Å². The number of halogens is 2. The minimum atomic E-state index is -0.638. The Morgan fingerprint density at radius 3 is 2.71 bits per heavy atom. The van der Waals surface area contributed by atoms with Gasteiger partial charge in [-0.3, -0.25) is 9.59 Å². The first-order valence-corrected chi connectivity index (χ1v) is 11.8. The summed E-state index contributed by atoms with van der Waals surface area (Å²) in [4.78, 5) is 31.7. The largest absolute Gasteiger partial charge is 0.340 e. The van der Waals surface area contributed by atoms with Gasteiger partial charge >= 0.3 is 0 Å². The van der Waals surface area contributed by atoms with Gasteiger partial charge in [0.2, 0.25) is 5.91 Å². The number of amides is 2. The highest BCUT2D eigenvalue weighted by Gasteiger charge is 2.25. The smallest absolute Gasteiger partial charge is 0.253 e. The van der Waals surface area contributed by atoms with E-state index in [-0.39, 0.29) is 10.9 Å². The molecule has 28 heavy (non-hydrogen) atoms. The molecule has 0 bridgehead atoms. The molecule has 1 heterocycles. The van der Waals surface area contributed by atoms with E-state index in [9.17, 15) is 9.59 Å². The molecule has 0 saturated heterocycles. The second-order valence-corrected chi connectivity index (χ2v) is 8.98. The van der Waals surface area contributed by atoms with Crippen molar-refractivity contribution in [3.05, 3.63) is 49.9 Å². The molecule has 9 heteroatoms. The van der Waals surface area contributed by atoms with Crippen molar-refractivity contribution in [3.63, 3.8) is 0 Å². The molecule has 1 unspecified atom stereocenters. The molecule has 2 aromatic rings. The summed E-state index contributed by atoms with van der Waals surface area (Å²) in [5, 5.41) is 6.53. The number of hydrogen-bond acceptors (Lipinski definition) is 5. The van der Waals surface area contributed by atoms with Crippen LogP contribution in [0.15, 0.2) is 23.6 Å². The number of carbonyl (C=O) groups excluding carboxylic acids is 2. The van der Waals surface area contributed by atoms with Crippen LogP contribution in [0.4, 0.5) is 0 Å². The molecule has 152 valence electrons. The third kappa shape index (κ3) is 6.37. The molecule has 0 spiro atoms. The normalized spacial score (nSPS) is 11.9. The average Bonchev–Trinajstić information content (AvgIpc) is 3.11. The van der Waals surface area contributed by atoms with Crippen molar-refractivity contribution in [1.82, 2.24) is 15.2 Å². The van der Waals surface area contributed by atoms with E-state index < -0.39 is 11.9 Å². The molecule has 0 aliphatic carbocycles. The molecule has 2 amide bonds. The molecule has 0 aliphatic rings. The molecule has 1 N–H and O–H groups in total. The van der Waals surface area contributed by atoms with Gasteiger partial charge in [0.25, 0.3) is 5.91 Å². The van der Waals surface area contributed by atoms with Crippen molar-refractivity contribution in [2.45, 2.75) is 32.4 Å². The van der Waals surface area contributed by atoms with Crippen molar-refractivity contribution in [2.24, 2.45) is 0 Å². The number of nitrogens with one attached hydrogen (secondary N) is 1. The van der Waals surface area contributed by atoms with E-state index in [0.717, 1.165) is 22.9 Å². The van der Waals surface area contributed by atoms with Crippen LogP contribution >= 0.6 is 46.3 Å². The maximum absolute atomic E-state index is 13.0. The molecular weight excluding hydrogens is 437 g/mol. The van der Waals surface area contributed by atoms with E-state index >= 15 is 0 Å². The summed E-state index contributed by atoms with van der Waals surface area (Å²) in [6.45, 7) is 2.45. The first-order chi connectivity index (χ1) is 13.3. The molecule has 0 saturated carbocycles. The van der Waals surface area contributed by atoms with Gasteiger partial charge in [0.1, 0.15) is 6.04 Å². The summed E-state index contributed by atoms with van der Waals surface area (Å²) in [5.41, 5.74) is 1.15. The number of aryl methyl sites for hydroxylation is 1. The summed E-state index contributed by atoms with van der Waals surface area (Å²) in [7, 11) is 1.72. The number of hydrogen-bond donors (Lipinski definition) is 1. The maximum Gasteiger partial charge on any atom is 0.253 e. The van der Waals surface area contributed by atoms with E-state index in [1.807, 2.05) is 18.6 Å². The lowest BCUT2D eigenvalue weighted by Gasteiger charge is -2.24. The van der Waals surface area contributed by atoms with Crippen molar-refractivity contribution >= 4 is 58.1 Å². The Balaban J connectivity index is 2.09. The zero-order valence-corrected chi connectivity index (χ0v) is 19.1. The molecule has 1 atom stereocenters. The molecule has 2 rings (SSSR count). The Morgan fingerprint density at radius 2 is 2.11 bits per heavy atom. The number of nitrogens with zero attached hydrogens (tertiary/aromatic N) is 2. The predicted molar refractivity (Wildman–Crippen MR) is 119 cm³/mol. The van der Waals surface area contributed by atoms with E-state index in [0.29, 0.717) is 23.6 Å². The topological polar surface area (TPSA) is 62.3 Å². The number of likely N-dealkylation sites (N-methyl/N-ethyl adjacent to an activating group) is 1. The van der Waals surface area contributed by atoms with Crippen molar-refractivity contribution in [2.75, 3.05) is 19.1 Å². The fraction of sp³-hybridized carbons (Fsp3) is 0.421. The Morgan fingerprint density at radius 1 is 1.36 bits per heavy atom. The number of benzene rings is 1. The molecule has 1 aromatic heterocycles. The molecule has 5 nitrogen and oxygen atoms in total. The van der Waals surface area contributed by atoms with Gasteiger partial charge < -0.3 is 10.2 Å². The summed E-state index contributed by atoms with van der Waals surface area (Å²) in [6.07, 6.45) is 3.36. The lowest BCUT2D eigenvalue weighted by molar-refractivity contribution is -0.132. The summed E-state index contributed by atoms with van der Waals surface area (Å²) in [5.74, 6) is 0.199. The van der Waals surface area contributed by atoms with Gasteiger partial charge in [0.05, 0.1) is 27.8 Å². The average molecular weight is 460 g/mol. The minimum Gasteiger partial charge on any atom is -0.340 e. The molecule has 0 aliphatic heterocycles. The summed E-state index contributed by atoms with van der Waals surface area (Å²) >= 11 is 15.2. The van der Waals surface area contributed by atoms with Gasteiger partial charge in [-0.25, -0.2) is 4.98 Å². The Kier molecular flexibility index (Phi) is 9.08. The standard InChI is InChI=1S/C19H23Cl2N3O2S2/c1-4-17-22-13(11-28-17)10-24(2)19(26)16(7-8-27-3)23-18(25)14-6-5-12(20)9-15(14)21/h5-6,9,11,16H,4,7-8,10H2,1-3H3,(H,23,25). The second kappa shape index (κ2) is 11.0. The van der Waals surface area contributed by atoms with E-state index in [1.54, 1.807) is 47.2 Å². The first-order valence-electron chi connectivity index (χ1n) is 8.78. The molecular formula is C19H23Cl2N3O2S2. The Hall–Kier alpha value is -1.28. The lowest BCUT2D eigenvalue weighted by atomic mass is 10.1. The van der Waals surface area contributed by atoms with Crippen LogP contribution in [0.1, 0.15) is 34.4 Å². The third-order valence-electron chi connectivity index (χ3n) is 4.07. The number of rotatable bonds is 9. The molecule has 0 radical (unpaired) electrons. The van der Waals surface area contributed by atoms with Crippen molar-refractivity contribution in [1.29, 1.82) is 0 Å². The van der Waals surface area contributed by atoms with Crippen LogP contribution in [0.2, 0.25) is 10.0 Å². The van der Waals surface area contributed by atoms with E-state index in [1.165, 1.54) is 6.07 Å². The highest BCUT2D eigenvalue weighted by Crippen LogP contribution is 2.21. The zero-order valence-electron chi connectivity index (χ0n) is 16.0. The van der Waals surface area contributed by atoms with Crippen LogP contribution in [-0.4, -0.2) is 46.8 Å². The van der Waals surface area contributed by atoms with E-state index in [2.05, 4.69) is 10.3 Å². The lowest BCUT2D eigenvalue weighted by Crippen LogP contribution is -2.47. The van der Waals surface area contributed by atoms with Crippen LogP contribution in [0, 0.1) is 0 Å². The van der Waals surface area contributed by atoms with Crippen molar-refractivity contribution in [3.8, 4) is 0 Å². The van der Waals surface area contributed by atoms with Gasteiger partial charge in [-0.1, -0.05) is 30.1 Å². The first kappa shape index (κ1) is 23.0. The zero-order chi connectivity index (χ0) is 20.7. The van der Waals surface area contributed by atoms with Crippen LogP contribution < -0.4 is 5.32 Å². The van der Waals surface area contributed by atoms with Crippen LogP contribution in [0.25, 0.3) is 0 Å². The quantitative estimate of drug-likeness (QED) is 0.598. The van der Waals surface area contributed by atoms with Gasteiger partial charge in [-0.15, -0.1) is 11.3 Å². The van der Waals surface area contributed by atoms with Crippen LogP contribution in [0.5, 0.6) is 0 Å². The SMILES string of the molecule is CCc1nc(CN(C)C(=O)C(CCSC)NC(=O)c2ccc(Cl)cc2Cl)cs1. The van der Waals surface area contributed by atoms with Gasteiger partial charge in [-0.2, -0.15) is 11.8 Å². The highest BCUT2D eigenvalue weighted by atomic mass is 35.5. The van der Waals surface area contributed by atoms with Crippen LogP contribution in [0.3, 0.4) is 0 Å². The fourth-order valence-corrected chi connectivity index (χ4v) is 4.28. The van der Waals surface area contributed by atoms with Crippen LogP contribution in [-0.2, 0) is 17.8 Å². The van der Waals surface area contributed by atoms with Gasteiger partial charge in [0.15, 0.2) is 0 Å². The second-order valence-electron chi connectivity index (χ2n) is 6.21. The number of aromatic nitrogens is 1. The monoisotopic (exact) mass is 459 g/mol.